The average Bonchev–Trinajstić information content (AvgIpc) is 3.43. The zero-order valence-corrected chi connectivity index (χ0v) is 24.3. The van der Waals surface area contributed by atoms with E-state index in [1.165, 1.54) is 6.08 Å². The number of ether oxygens (including phenoxy) is 1. The van der Waals surface area contributed by atoms with Crippen molar-refractivity contribution in [2.24, 2.45) is 0 Å². The summed E-state index contributed by atoms with van der Waals surface area (Å²) < 4.78 is 6.22. The Morgan fingerprint density at radius 3 is 2.79 bits per heavy atom. The van der Waals surface area contributed by atoms with Crippen molar-refractivity contribution < 1.29 is 9.53 Å². The molecule has 2 atom stereocenters. The second kappa shape index (κ2) is 11.9. The lowest BCUT2D eigenvalue weighted by Gasteiger charge is -2.40. The maximum atomic E-state index is 12.5. The van der Waals surface area contributed by atoms with Crippen molar-refractivity contribution in [3.8, 4) is 23.2 Å². The molecule has 2 unspecified atom stereocenters. The van der Waals surface area contributed by atoms with Gasteiger partial charge in [0, 0.05) is 47.8 Å². The molecule has 2 fully saturated rings. The number of carbonyl (C=O) groups excluding carboxylic acids is 1. The predicted octanol–water partition coefficient (Wildman–Crippen LogP) is 5.09. The Labute approximate surface area is 250 Å². The molecule has 2 aliphatic rings. The highest BCUT2D eigenvalue weighted by atomic mass is 35.5. The Morgan fingerprint density at radius 2 is 2.02 bits per heavy atom. The quantitative estimate of drug-likeness (QED) is 0.278. The van der Waals surface area contributed by atoms with Crippen molar-refractivity contribution in [1.82, 2.24) is 24.8 Å². The number of hydrogen-bond donors (Lipinski definition) is 0. The van der Waals surface area contributed by atoms with Crippen LogP contribution in [0, 0.1) is 11.3 Å². The number of anilines is 1. The standard InChI is InChI=1S/C32H32ClN7O2/c1-3-28(41)40-16-15-39(19-23(40)12-13-34)31-30-27(36-32(37-31)42-20-24-9-6-14-38(24)2)17-22(18-35-30)25-10-4-7-21-8-5-11-26(33)29(21)25/h3-5,7-8,10-11,17-18,23-24H,1,6,9,12,14-16,19-20H2,2H3. The van der Waals surface area contributed by atoms with Crippen LogP contribution < -0.4 is 9.64 Å². The molecule has 0 bridgehead atoms. The van der Waals surface area contributed by atoms with Crippen molar-refractivity contribution in [3.63, 3.8) is 0 Å². The number of halogens is 1. The van der Waals surface area contributed by atoms with Gasteiger partial charge >= 0.3 is 6.01 Å². The summed E-state index contributed by atoms with van der Waals surface area (Å²) in [5.41, 5.74) is 3.14. The number of piperazine rings is 1. The third kappa shape index (κ3) is 5.36. The van der Waals surface area contributed by atoms with Crippen LogP contribution in [0.1, 0.15) is 19.3 Å². The van der Waals surface area contributed by atoms with Gasteiger partial charge in [-0.05, 0) is 55.6 Å². The van der Waals surface area contributed by atoms with E-state index in [1.807, 2.05) is 48.7 Å². The van der Waals surface area contributed by atoms with E-state index in [-0.39, 0.29) is 24.4 Å². The van der Waals surface area contributed by atoms with Crippen LogP contribution in [0.15, 0.2) is 61.3 Å². The van der Waals surface area contributed by atoms with E-state index < -0.39 is 0 Å². The fourth-order valence-electron chi connectivity index (χ4n) is 6.05. The molecule has 4 heterocycles. The Balaban J connectivity index is 1.42. The van der Waals surface area contributed by atoms with Crippen LogP contribution in [0.4, 0.5) is 5.82 Å². The number of benzene rings is 2. The molecule has 42 heavy (non-hydrogen) atoms. The maximum absolute atomic E-state index is 12.5. The predicted molar refractivity (Wildman–Crippen MR) is 165 cm³/mol. The van der Waals surface area contributed by atoms with Gasteiger partial charge in [0.05, 0.1) is 24.0 Å². The fraction of sp³-hybridized carbons (Fsp3) is 0.344. The first-order valence-corrected chi connectivity index (χ1v) is 14.6. The summed E-state index contributed by atoms with van der Waals surface area (Å²) in [6, 6.07) is 16.5. The number of pyridine rings is 1. The van der Waals surface area contributed by atoms with Crippen LogP contribution >= 0.6 is 11.6 Å². The average molecular weight is 582 g/mol. The van der Waals surface area contributed by atoms with Crippen LogP contribution in [0.25, 0.3) is 32.9 Å². The number of carbonyl (C=O) groups is 1. The fourth-order valence-corrected chi connectivity index (χ4v) is 6.33. The molecular formula is C32H32ClN7O2. The van der Waals surface area contributed by atoms with E-state index in [0.29, 0.717) is 54.2 Å². The van der Waals surface area contributed by atoms with E-state index in [2.05, 4.69) is 29.5 Å². The minimum atomic E-state index is -0.298. The summed E-state index contributed by atoms with van der Waals surface area (Å²) in [4.78, 5) is 33.1. The molecule has 0 radical (unpaired) electrons. The second-order valence-electron chi connectivity index (χ2n) is 10.9. The number of hydrogen-bond acceptors (Lipinski definition) is 8. The summed E-state index contributed by atoms with van der Waals surface area (Å²) in [5.74, 6) is 0.453. The molecule has 214 valence electrons. The molecule has 10 heteroatoms. The molecule has 1 amide bonds. The van der Waals surface area contributed by atoms with Gasteiger partial charge in [0.1, 0.15) is 12.1 Å². The lowest BCUT2D eigenvalue weighted by molar-refractivity contribution is -0.128. The number of likely N-dealkylation sites (tertiary alicyclic amines) is 1. The SMILES string of the molecule is C=CC(=O)N1CCN(c2nc(OCC3CCCN3C)nc3cc(-c4cccc5cccc(Cl)c45)cnc23)CC1CC#N. The molecule has 2 aromatic heterocycles. The number of nitrogens with zero attached hydrogens (tertiary/aromatic N) is 7. The number of aromatic nitrogens is 3. The number of fused-ring (bicyclic) bond motifs is 2. The Hall–Kier alpha value is -4.26. The minimum absolute atomic E-state index is 0.177. The molecular weight excluding hydrogens is 550 g/mol. The summed E-state index contributed by atoms with van der Waals surface area (Å²) in [6.45, 7) is 6.58. The molecule has 9 nitrogen and oxygen atoms in total. The van der Waals surface area contributed by atoms with E-state index in [0.717, 1.165) is 41.3 Å². The van der Waals surface area contributed by atoms with Gasteiger partial charge in [-0.15, -0.1) is 0 Å². The molecule has 0 N–H and O–H groups in total. The zero-order chi connectivity index (χ0) is 29.2. The van der Waals surface area contributed by atoms with Crippen molar-refractivity contribution in [1.29, 1.82) is 5.26 Å². The first-order chi connectivity index (χ1) is 20.5. The van der Waals surface area contributed by atoms with Gasteiger partial charge in [0.15, 0.2) is 5.82 Å². The Kier molecular flexibility index (Phi) is 7.92. The Morgan fingerprint density at radius 1 is 1.19 bits per heavy atom. The number of nitriles is 1. The molecule has 2 aliphatic heterocycles. The molecule has 0 spiro atoms. The normalized spacial score (nSPS) is 19.3. The van der Waals surface area contributed by atoms with E-state index >= 15 is 0 Å². The van der Waals surface area contributed by atoms with Gasteiger partial charge in [-0.3, -0.25) is 9.78 Å². The zero-order valence-electron chi connectivity index (χ0n) is 23.5. The minimum Gasteiger partial charge on any atom is -0.462 e. The van der Waals surface area contributed by atoms with Gasteiger partial charge in [-0.25, -0.2) is 0 Å². The van der Waals surface area contributed by atoms with Crippen molar-refractivity contribution in [2.45, 2.75) is 31.3 Å². The van der Waals surface area contributed by atoms with Crippen LogP contribution in [0.3, 0.4) is 0 Å². The van der Waals surface area contributed by atoms with Crippen LogP contribution in [0.2, 0.25) is 5.02 Å². The van der Waals surface area contributed by atoms with Crippen molar-refractivity contribution >= 4 is 45.1 Å². The van der Waals surface area contributed by atoms with E-state index in [4.69, 9.17) is 31.3 Å². The topological polar surface area (TPSA) is 98.5 Å². The number of likely N-dealkylation sites (N-methyl/N-ethyl adjacent to an activating group) is 1. The van der Waals surface area contributed by atoms with Crippen LogP contribution in [0.5, 0.6) is 6.01 Å². The molecule has 6 rings (SSSR count). The lowest BCUT2D eigenvalue weighted by Crippen LogP contribution is -2.55. The van der Waals surface area contributed by atoms with Crippen LogP contribution in [-0.4, -0.2) is 82.6 Å². The molecule has 0 saturated carbocycles. The third-order valence-corrected chi connectivity index (χ3v) is 8.62. The smallest absolute Gasteiger partial charge is 0.319 e. The van der Waals surface area contributed by atoms with Gasteiger partial charge in [0.25, 0.3) is 0 Å². The summed E-state index contributed by atoms with van der Waals surface area (Å²) >= 11 is 6.65. The molecule has 0 aliphatic carbocycles. The highest BCUT2D eigenvalue weighted by Gasteiger charge is 2.31. The number of amides is 1. The summed E-state index contributed by atoms with van der Waals surface area (Å²) in [7, 11) is 2.11. The highest BCUT2D eigenvalue weighted by molar-refractivity contribution is 6.36. The first kappa shape index (κ1) is 27.9. The monoisotopic (exact) mass is 581 g/mol. The summed E-state index contributed by atoms with van der Waals surface area (Å²) in [5, 5.41) is 12.2. The summed E-state index contributed by atoms with van der Waals surface area (Å²) in [6.07, 6.45) is 5.54. The largest absolute Gasteiger partial charge is 0.462 e. The lowest BCUT2D eigenvalue weighted by atomic mass is 9.99. The molecule has 4 aromatic rings. The van der Waals surface area contributed by atoms with Gasteiger partial charge in [-0.2, -0.15) is 15.2 Å². The third-order valence-electron chi connectivity index (χ3n) is 8.31. The highest BCUT2D eigenvalue weighted by Crippen LogP contribution is 2.36. The molecule has 2 saturated heterocycles. The number of rotatable bonds is 7. The van der Waals surface area contributed by atoms with Crippen molar-refractivity contribution in [2.75, 3.05) is 44.7 Å². The van der Waals surface area contributed by atoms with Gasteiger partial charge in [0.2, 0.25) is 5.91 Å². The van der Waals surface area contributed by atoms with Crippen molar-refractivity contribution in [3.05, 3.63) is 66.3 Å². The van der Waals surface area contributed by atoms with Gasteiger partial charge in [-0.1, -0.05) is 48.5 Å². The second-order valence-corrected chi connectivity index (χ2v) is 11.3. The van der Waals surface area contributed by atoms with Crippen LogP contribution in [-0.2, 0) is 4.79 Å². The maximum Gasteiger partial charge on any atom is 0.319 e. The van der Waals surface area contributed by atoms with E-state index in [1.54, 1.807) is 4.90 Å². The molecule has 2 aromatic carbocycles. The first-order valence-electron chi connectivity index (χ1n) is 14.2. The Bertz CT molecular complexity index is 1700. The van der Waals surface area contributed by atoms with E-state index in [9.17, 15) is 10.1 Å². The van der Waals surface area contributed by atoms with Gasteiger partial charge < -0.3 is 19.4 Å².